The minimum Gasteiger partial charge on any atom is -0.490 e. The number of carbonyl (C=O) groups is 1. The number of piperidine rings is 1. The standard InChI is InChI=1S/C31H31ClN2O3/c32-25-13-11-23(12-14-25)30(22-6-2-1-3-7-22)31(36)24-15-18-34(19-16-24)20-26(35)21-37-29-10-4-9-28-27(29)8-5-17-33-28/h1-14,17,24,26,30,35H,15-16,18-21H2. The van der Waals surface area contributed by atoms with Crippen LogP contribution >= 0.6 is 11.6 Å². The lowest BCUT2D eigenvalue weighted by Crippen LogP contribution is -2.42. The molecule has 1 aromatic heterocycles. The molecule has 37 heavy (non-hydrogen) atoms. The summed E-state index contributed by atoms with van der Waals surface area (Å²) >= 11 is 6.11. The van der Waals surface area contributed by atoms with Crippen molar-refractivity contribution >= 4 is 28.3 Å². The number of benzene rings is 3. The topological polar surface area (TPSA) is 62.7 Å². The molecule has 0 saturated carbocycles. The molecule has 4 aromatic rings. The molecular formula is C31H31ClN2O3. The average Bonchev–Trinajstić information content (AvgIpc) is 2.94. The molecule has 190 valence electrons. The van der Waals surface area contributed by atoms with Gasteiger partial charge in [-0.1, -0.05) is 60.1 Å². The molecule has 6 heteroatoms. The van der Waals surface area contributed by atoms with E-state index >= 15 is 0 Å². The molecule has 1 fully saturated rings. The molecule has 5 rings (SSSR count). The van der Waals surface area contributed by atoms with Gasteiger partial charge in [-0.05, 0) is 73.5 Å². The maximum Gasteiger partial charge on any atom is 0.147 e. The Morgan fingerprint density at radius 2 is 1.68 bits per heavy atom. The molecule has 0 amide bonds. The van der Waals surface area contributed by atoms with E-state index in [-0.39, 0.29) is 24.2 Å². The first-order valence-corrected chi connectivity index (χ1v) is 13.2. The third kappa shape index (κ3) is 6.19. The van der Waals surface area contributed by atoms with Crippen molar-refractivity contribution in [3.8, 4) is 5.75 Å². The minimum absolute atomic E-state index is 0.0197. The van der Waals surface area contributed by atoms with Gasteiger partial charge in [0.05, 0.1) is 11.4 Å². The maximum absolute atomic E-state index is 13.8. The normalized spacial score (nSPS) is 16.4. The van der Waals surface area contributed by atoms with E-state index in [1.54, 1.807) is 6.20 Å². The summed E-state index contributed by atoms with van der Waals surface area (Å²) in [7, 11) is 0. The summed E-state index contributed by atoms with van der Waals surface area (Å²) in [5.74, 6) is 0.655. The molecule has 1 N–H and O–H groups in total. The van der Waals surface area contributed by atoms with E-state index in [9.17, 15) is 9.90 Å². The highest BCUT2D eigenvalue weighted by Gasteiger charge is 2.32. The molecule has 5 nitrogen and oxygen atoms in total. The number of hydrogen-bond acceptors (Lipinski definition) is 5. The number of nitrogens with zero attached hydrogens (tertiary/aromatic N) is 2. The van der Waals surface area contributed by atoms with Crippen LogP contribution in [0.2, 0.25) is 5.02 Å². The van der Waals surface area contributed by atoms with Crippen molar-refractivity contribution in [3.63, 3.8) is 0 Å². The Morgan fingerprint density at radius 3 is 2.43 bits per heavy atom. The second kappa shape index (κ2) is 11.9. The van der Waals surface area contributed by atoms with Gasteiger partial charge in [0, 0.05) is 29.1 Å². The van der Waals surface area contributed by atoms with Gasteiger partial charge in [-0.3, -0.25) is 9.78 Å². The van der Waals surface area contributed by atoms with Gasteiger partial charge in [0.1, 0.15) is 24.2 Å². The molecule has 1 saturated heterocycles. The predicted molar refractivity (Wildman–Crippen MR) is 147 cm³/mol. The SMILES string of the molecule is O=C(C1CCN(CC(O)COc2cccc3ncccc23)CC1)C(c1ccccc1)c1ccc(Cl)cc1. The van der Waals surface area contributed by atoms with Crippen molar-refractivity contribution < 1.29 is 14.6 Å². The van der Waals surface area contributed by atoms with Gasteiger partial charge in [0.2, 0.25) is 0 Å². The quantitative estimate of drug-likeness (QED) is 0.308. The third-order valence-electron chi connectivity index (χ3n) is 7.12. The molecule has 3 aromatic carbocycles. The first-order chi connectivity index (χ1) is 18.1. The number of carbonyl (C=O) groups excluding carboxylic acids is 1. The highest BCUT2D eigenvalue weighted by molar-refractivity contribution is 6.30. The fraction of sp³-hybridized carbons (Fsp3) is 0.290. The van der Waals surface area contributed by atoms with E-state index in [4.69, 9.17) is 16.3 Å². The van der Waals surface area contributed by atoms with Gasteiger partial charge in [-0.25, -0.2) is 0 Å². The summed E-state index contributed by atoms with van der Waals surface area (Å²) in [6.07, 6.45) is 2.69. The van der Waals surface area contributed by atoms with E-state index in [2.05, 4.69) is 9.88 Å². The maximum atomic E-state index is 13.8. The first kappa shape index (κ1) is 25.4. The van der Waals surface area contributed by atoms with E-state index < -0.39 is 6.10 Å². The number of aromatic nitrogens is 1. The molecule has 0 bridgehead atoms. The number of pyridine rings is 1. The molecule has 2 unspecified atom stereocenters. The largest absolute Gasteiger partial charge is 0.490 e. The summed E-state index contributed by atoms with van der Waals surface area (Å²) in [6.45, 7) is 2.27. The number of aliphatic hydroxyl groups is 1. The summed E-state index contributed by atoms with van der Waals surface area (Å²) < 4.78 is 5.94. The summed E-state index contributed by atoms with van der Waals surface area (Å²) in [6, 6.07) is 27.2. The lowest BCUT2D eigenvalue weighted by atomic mass is 9.79. The number of likely N-dealkylation sites (tertiary alicyclic amines) is 1. The van der Waals surface area contributed by atoms with Crippen LogP contribution < -0.4 is 4.74 Å². The Morgan fingerprint density at radius 1 is 0.946 bits per heavy atom. The number of ketones is 1. The third-order valence-corrected chi connectivity index (χ3v) is 7.37. The predicted octanol–water partition coefficient (Wildman–Crippen LogP) is 5.74. The molecule has 0 radical (unpaired) electrons. The van der Waals surface area contributed by atoms with Gasteiger partial charge in [0.25, 0.3) is 0 Å². The van der Waals surface area contributed by atoms with Gasteiger partial charge in [-0.15, -0.1) is 0 Å². The number of ether oxygens (including phenoxy) is 1. The van der Waals surface area contributed by atoms with Crippen molar-refractivity contribution in [1.82, 2.24) is 9.88 Å². The first-order valence-electron chi connectivity index (χ1n) is 12.8. The van der Waals surface area contributed by atoms with Gasteiger partial charge in [-0.2, -0.15) is 0 Å². The number of fused-ring (bicyclic) bond motifs is 1. The summed E-state index contributed by atoms with van der Waals surface area (Å²) in [5.41, 5.74) is 2.85. The fourth-order valence-electron chi connectivity index (χ4n) is 5.20. The number of Topliss-reactive ketones (excluding diaryl/α,β-unsaturated/α-hetero) is 1. The van der Waals surface area contributed by atoms with E-state index in [1.807, 2.05) is 84.9 Å². The van der Waals surface area contributed by atoms with Crippen molar-refractivity contribution in [3.05, 3.63) is 107 Å². The molecule has 2 heterocycles. The lowest BCUT2D eigenvalue weighted by molar-refractivity contribution is -0.125. The zero-order chi connectivity index (χ0) is 25.6. The number of halogens is 1. The Bertz CT molecular complexity index is 1320. The Labute approximate surface area is 222 Å². The van der Waals surface area contributed by atoms with Crippen LogP contribution in [0.3, 0.4) is 0 Å². The Kier molecular flexibility index (Phi) is 8.15. The van der Waals surface area contributed by atoms with Crippen LogP contribution in [0.15, 0.2) is 91.1 Å². The second-order valence-corrected chi connectivity index (χ2v) is 10.1. The van der Waals surface area contributed by atoms with Crippen LogP contribution in [-0.4, -0.2) is 53.1 Å². The van der Waals surface area contributed by atoms with Crippen LogP contribution in [0.25, 0.3) is 10.9 Å². The number of β-amino-alcohol motifs (C(OH)–C–C–N with tert-alkyl or cyclic N) is 1. The van der Waals surface area contributed by atoms with Crippen molar-refractivity contribution in [1.29, 1.82) is 0 Å². The van der Waals surface area contributed by atoms with E-state index in [0.29, 0.717) is 11.6 Å². The Balaban J connectivity index is 1.17. The smallest absolute Gasteiger partial charge is 0.147 e. The fourth-order valence-corrected chi connectivity index (χ4v) is 5.32. The summed E-state index contributed by atoms with van der Waals surface area (Å²) in [5, 5.41) is 12.3. The van der Waals surface area contributed by atoms with Crippen LogP contribution in [0, 0.1) is 5.92 Å². The highest BCUT2D eigenvalue weighted by Crippen LogP contribution is 2.33. The minimum atomic E-state index is -0.620. The summed E-state index contributed by atoms with van der Waals surface area (Å²) in [4.78, 5) is 20.3. The van der Waals surface area contributed by atoms with Gasteiger partial charge in [0.15, 0.2) is 0 Å². The van der Waals surface area contributed by atoms with Crippen LogP contribution in [-0.2, 0) is 4.79 Å². The number of aliphatic hydroxyl groups excluding tert-OH is 1. The monoisotopic (exact) mass is 514 g/mol. The average molecular weight is 515 g/mol. The van der Waals surface area contributed by atoms with E-state index in [0.717, 1.165) is 53.7 Å². The van der Waals surface area contributed by atoms with Crippen LogP contribution in [0.5, 0.6) is 5.75 Å². The molecule has 2 atom stereocenters. The van der Waals surface area contributed by atoms with Crippen LogP contribution in [0.1, 0.15) is 29.9 Å². The Hall–Kier alpha value is -3.25. The molecular weight excluding hydrogens is 484 g/mol. The number of hydrogen-bond donors (Lipinski definition) is 1. The second-order valence-electron chi connectivity index (χ2n) is 9.66. The van der Waals surface area contributed by atoms with E-state index in [1.165, 1.54) is 0 Å². The lowest BCUT2D eigenvalue weighted by Gasteiger charge is -2.34. The molecule has 0 aliphatic carbocycles. The molecule has 1 aliphatic heterocycles. The number of rotatable bonds is 9. The van der Waals surface area contributed by atoms with Crippen LogP contribution in [0.4, 0.5) is 0 Å². The van der Waals surface area contributed by atoms with Gasteiger partial charge >= 0.3 is 0 Å². The van der Waals surface area contributed by atoms with Gasteiger partial charge < -0.3 is 14.7 Å². The zero-order valence-electron chi connectivity index (χ0n) is 20.7. The molecule has 0 spiro atoms. The molecule has 1 aliphatic rings. The van der Waals surface area contributed by atoms with Crippen molar-refractivity contribution in [2.24, 2.45) is 5.92 Å². The zero-order valence-corrected chi connectivity index (χ0v) is 21.4. The van der Waals surface area contributed by atoms with Crippen molar-refractivity contribution in [2.45, 2.75) is 24.9 Å². The van der Waals surface area contributed by atoms with Crippen molar-refractivity contribution in [2.75, 3.05) is 26.2 Å². The highest BCUT2D eigenvalue weighted by atomic mass is 35.5.